The molecule has 0 aromatic carbocycles. The van der Waals surface area contributed by atoms with Crippen molar-refractivity contribution in [3.05, 3.63) is 0 Å². The van der Waals surface area contributed by atoms with Crippen LogP contribution in [0.25, 0.3) is 0 Å². The van der Waals surface area contributed by atoms with E-state index in [1.54, 1.807) is 0 Å². The lowest BCUT2D eigenvalue weighted by Gasteiger charge is -2.04. The monoisotopic (exact) mass is 188 g/mol. The van der Waals surface area contributed by atoms with Gasteiger partial charge in [-0.15, -0.1) is 0 Å². The van der Waals surface area contributed by atoms with Gasteiger partial charge in [-0.25, -0.2) is 0 Å². The van der Waals surface area contributed by atoms with E-state index >= 15 is 0 Å². The fourth-order valence-corrected chi connectivity index (χ4v) is 1.08. The Labute approximate surface area is 82.2 Å². The minimum absolute atomic E-state index is 0.834. The van der Waals surface area contributed by atoms with Gasteiger partial charge in [0.25, 0.3) is 0 Å². The van der Waals surface area contributed by atoms with Crippen LogP contribution in [0.5, 0.6) is 0 Å². The molecule has 3 nitrogen and oxygen atoms in total. The Morgan fingerprint density at radius 3 is 2.31 bits per heavy atom. The molecule has 80 valence electrons. The molecule has 2 N–H and O–H groups in total. The molecular weight excluding hydrogens is 164 g/mol. The zero-order valence-corrected chi connectivity index (χ0v) is 9.07. The van der Waals surface area contributed by atoms with Gasteiger partial charge in [-0.1, -0.05) is 6.92 Å². The molecule has 0 atom stereocenters. The predicted molar refractivity (Wildman–Crippen MR) is 57.1 cm³/mol. The normalized spacial score (nSPS) is 10.6. The van der Waals surface area contributed by atoms with Gasteiger partial charge in [0.15, 0.2) is 0 Å². The quantitative estimate of drug-likeness (QED) is 0.502. The molecule has 0 unspecified atom stereocenters. The van der Waals surface area contributed by atoms with Crippen molar-refractivity contribution in [1.82, 2.24) is 10.6 Å². The first-order valence-electron chi connectivity index (χ1n) is 5.41. The summed E-state index contributed by atoms with van der Waals surface area (Å²) in [6, 6.07) is 0. The average molecular weight is 188 g/mol. The van der Waals surface area contributed by atoms with Crippen LogP contribution in [-0.2, 0) is 4.74 Å². The van der Waals surface area contributed by atoms with Gasteiger partial charge in [0.1, 0.15) is 0 Å². The Balaban J connectivity index is 2.76. The highest BCUT2D eigenvalue weighted by Crippen LogP contribution is 1.80. The van der Waals surface area contributed by atoms with Crippen molar-refractivity contribution in [1.29, 1.82) is 0 Å². The molecule has 0 fully saturated rings. The van der Waals surface area contributed by atoms with E-state index in [-0.39, 0.29) is 0 Å². The summed E-state index contributed by atoms with van der Waals surface area (Å²) in [7, 11) is 0. The molecule has 0 heterocycles. The van der Waals surface area contributed by atoms with E-state index in [4.69, 9.17) is 4.74 Å². The largest absolute Gasteiger partial charge is 0.382 e. The third-order valence-electron chi connectivity index (χ3n) is 1.80. The molecule has 0 aromatic rings. The topological polar surface area (TPSA) is 33.3 Å². The fourth-order valence-electron chi connectivity index (χ4n) is 1.08. The summed E-state index contributed by atoms with van der Waals surface area (Å²) in [4.78, 5) is 0. The van der Waals surface area contributed by atoms with Gasteiger partial charge < -0.3 is 15.4 Å². The SMILES string of the molecule is CCNCCCNCCCOCC. The number of ether oxygens (including phenoxy) is 1. The maximum atomic E-state index is 5.23. The molecule has 0 aliphatic rings. The van der Waals surface area contributed by atoms with E-state index in [1.807, 2.05) is 6.92 Å². The number of rotatable bonds is 10. The van der Waals surface area contributed by atoms with Crippen molar-refractivity contribution in [2.75, 3.05) is 39.4 Å². The van der Waals surface area contributed by atoms with Gasteiger partial charge in [0.05, 0.1) is 0 Å². The third-order valence-corrected chi connectivity index (χ3v) is 1.80. The second-order valence-electron chi connectivity index (χ2n) is 3.01. The summed E-state index contributed by atoms with van der Waals surface area (Å²) in [5, 5.41) is 6.68. The smallest absolute Gasteiger partial charge is 0.0477 e. The fraction of sp³-hybridized carbons (Fsp3) is 1.00. The molecular formula is C10H24N2O. The van der Waals surface area contributed by atoms with Crippen LogP contribution in [0.15, 0.2) is 0 Å². The van der Waals surface area contributed by atoms with Gasteiger partial charge in [-0.3, -0.25) is 0 Å². The maximum absolute atomic E-state index is 5.23. The lowest BCUT2D eigenvalue weighted by Crippen LogP contribution is -2.23. The number of nitrogens with one attached hydrogen (secondary N) is 2. The first kappa shape index (κ1) is 12.9. The lowest BCUT2D eigenvalue weighted by atomic mass is 10.4. The van der Waals surface area contributed by atoms with Crippen LogP contribution < -0.4 is 10.6 Å². The molecule has 0 aromatic heterocycles. The zero-order valence-electron chi connectivity index (χ0n) is 9.07. The molecule has 0 amide bonds. The second-order valence-corrected chi connectivity index (χ2v) is 3.01. The highest BCUT2D eigenvalue weighted by molar-refractivity contribution is 4.50. The highest BCUT2D eigenvalue weighted by Gasteiger charge is 1.88. The first-order valence-corrected chi connectivity index (χ1v) is 5.41. The van der Waals surface area contributed by atoms with E-state index in [0.717, 1.165) is 45.8 Å². The number of hydrogen-bond acceptors (Lipinski definition) is 3. The second kappa shape index (κ2) is 11.9. The molecule has 0 aliphatic carbocycles. The Bertz CT molecular complexity index is 79.0. The highest BCUT2D eigenvalue weighted by atomic mass is 16.5. The third kappa shape index (κ3) is 11.9. The van der Waals surface area contributed by atoms with Crippen molar-refractivity contribution in [3.8, 4) is 0 Å². The van der Waals surface area contributed by atoms with Gasteiger partial charge >= 0.3 is 0 Å². The van der Waals surface area contributed by atoms with E-state index in [1.165, 1.54) is 6.42 Å². The van der Waals surface area contributed by atoms with Crippen molar-refractivity contribution >= 4 is 0 Å². The van der Waals surface area contributed by atoms with Gasteiger partial charge in [0.2, 0.25) is 0 Å². The molecule has 3 heteroatoms. The van der Waals surface area contributed by atoms with Crippen LogP contribution in [0.3, 0.4) is 0 Å². The summed E-state index contributed by atoms with van der Waals surface area (Å²) in [5.74, 6) is 0. The molecule has 0 radical (unpaired) electrons. The van der Waals surface area contributed by atoms with Gasteiger partial charge in [0, 0.05) is 13.2 Å². The standard InChI is InChI=1S/C10H24N2O/c1-3-11-7-5-8-12-9-6-10-13-4-2/h11-12H,3-10H2,1-2H3. The molecule has 0 bridgehead atoms. The van der Waals surface area contributed by atoms with Crippen molar-refractivity contribution in [3.63, 3.8) is 0 Å². The van der Waals surface area contributed by atoms with Crippen LogP contribution >= 0.6 is 0 Å². The molecule has 0 spiro atoms. The van der Waals surface area contributed by atoms with Crippen LogP contribution in [0, 0.1) is 0 Å². The van der Waals surface area contributed by atoms with E-state index in [2.05, 4.69) is 17.6 Å². The van der Waals surface area contributed by atoms with Crippen molar-refractivity contribution < 1.29 is 4.74 Å². The van der Waals surface area contributed by atoms with Gasteiger partial charge in [-0.05, 0) is 45.9 Å². The lowest BCUT2D eigenvalue weighted by molar-refractivity contribution is 0.145. The molecule has 0 aliphatic heterocycles. The van der Waals surface area contributed by atoms with Crippen LogP contribution in [0.2, 0.25) is 0 Å². The van der Waals surface area contributed by atoms with Crippen LogP contribution in [0.4, 0.5) is 0 Å². The molecule has 13 heavy (non-hydrogen) atoms. The van der Waals surface area contributed by atoms with E-state index < -0.39 is 0 Å². The van der Waals surface area contributed by atoms with Crippen molar-refractivity contribution in [2.24, 2.45) is 0 Å². The first-order chi connectivity index (χ1) is 6.41. The van der Waals surface area contributed by atoms with Crippen LogP contribution in [-0.4, -0.2) is 39.4 Å². The Morgan fingerprint density at radius 1 is 0.923 bits per heavy atom. The van der Waals surface area contributed by atoms with Gasteiger partial charge in [-0.2, -0.15) is 0 Å². The molecule has 0 saturated heterocycles. The summed E-state index contributed by atoms with van der Waals surface area (Å²) < 4.78 is 5.23. The minimum atomic E-state index is 0.834. The average Bonchev–Trinajstić information content (AvgIpc) is 2.16. The van der Waals surface area contributed by atoms with Crippen LogP contribution in [0.1, 0.15) is 26.7 Å². The summed E-state index contributed by atoms with van der Waals surface area (Å²) in [6.07, 6.45) is 2.33. The predicted octanol–water partition coefficient (Wildman–Crippen LogP) is 1.00. The Hall–Kier alpha value is -0.120. The summed E-state index contributed by atoms with van der Waals surface area (Å²) in [5.41, 5.74) is 0. The summed E-state index contributed by atoms with van der Waals surface area (Å²) >= 11 is 0. The van der Waals surface area contributed by atoms with E-state index in [0.29, 0.717) is 0 Å². The number of hydrogen-bond donors (Lipinski definition) is 2. The minimum Gasteiger partial charge on any atom is -0.382 e. The summed E-state index contributed by atoms with van der Waals surface area (Å²) in [6.45, 7) is 10.3. The maximum Gasteiger partial charge on any atom is 0.0477 e. The zero-order chi connectivity index (χ0) is 9.78. The molecule has 0 saturated carbocycles. The Kier molecular flexibility index (Phi) is 11.8. The molecule has 0 rings (SSSR count). The van der Waals surface area contributed by atoms with E-state index in [9.17, 15) is 0 Å². The Morgan fingerprint density at radius 2 is 1.62 bits per heavy atom. The van der Waals surface area contributed by atoms with Crippen molar-refractivity contribution in [2.45, 2.75) is 26.7 Å².